The van der Waals surface area contributed by atoms with Gasteiger partial charge in [0.15, 0.2) is 0 Å². The molecule has 0 radical (unpaired) electrons. The molecule has 24 heavy (non-hydrogen) atoms. The topological polar surface area (TPSA) is 78.1 Å². The van der Waals surface area contributed by atoms with Crippen molar-refractivity contribution in [1.82, 2.24) is 8.54 Å². The molecule has 6 nitrogen and oxygen atoms in total. The van der Waals surface area contributed by atoms with Gasteiger partial charge in [-0.05, 0) is 37.1 Å². The molecule has 1 aromatic carbocycles. The summed E-state index contributed by atoms with van der Waals surface area (Å²) in [5.74, 6) is -0.546. The number of halogens is 1. The molecule has 0 amide bonds. The molecule has 1 saturated carbocycles. The van der Waals surface area contributed by atoms with Gasteiger partial charge in [0.05, 0.1) is 4.90 Å². The molecule has 1 aromatic heterocycles. The minimum Gasteiger partial charge on any atom is -0.274 e. The first kappa shape index (κ1) is 17.0. The lowest BCUT2D eigenvalue weighted by atomic mass is 9.88. The van der Waals surface area contributed by atoms with Crippen molar-refractivity contribution in [1.29, 1.82) is 0 Å². The maximum Gasteiger partial charge on any atom is 0.349 e. The number of aromatic nitrogens is 2. The van der Waals surface area contributed by atoms with Crippen LogP contribution < -0.4 is 5.69 Å². The number of hydrogen-bond acceptors (Lipinski definition) is 4. The molecule has 0 N–H and O–H groups in total. The van der Waals surface area contributed by atoms with Crippen LogP contribution in [-0.4, -0.2) is 22.9 Å². The van der Waals surface area contributed by atoms with Crippen LogP contribution in [0.2, 0.25) is 5.02 Å². The predicted octanol–water partition coefficient (Wildman–Crippen LogP) is 2.76. The minimum atomic E-state index is -4.06. The summed E-state index contributed by atoms with van der Waals surface area (Å²) in [6.45, 7) is 0. The fourth-order valence-electron chi connectivity index (χ4n) is 2.98. The Labute approximate surface area is 144 Å². The average Bonchev–Trinajstić information content (AvgIpc) is 2.97. The Kier molecular flexibility index (Phi) is 4.64. The molecular weight excluding hydrogens is 352 g/mol. The van der Waals surface area contributed by atoms with E-state index in [1.54, 1.807) is 0 Å². The molecular formula is C16H17ClN2O4S. The van der Waals surface area contributed by atoms with Crippen LogP contribution in [0.5, 0.6) is 0 Å². The van der Waals surface area contributed by atoms with E-state index in [1.165, 1.54) is 30.5 Å². The lowest BCUT2D eigenvalue weighted by Crippen LogP contribution is -2.35. The number of carbonyl (C=O) groups excluding carboxylic acids is 1. The van der Waals surface area contributed by atoms with Gasteiger partial charge in [-0.2, -0.15) is 3.97 Å². The largest absolute Gasteiger partial charge is 0.349 e. The number of nitrogens with zero attached hydrogens (tertiary/aromatic N) is 2. The lowest BCUT2D eigenvalue weighted by molar-refractivity contribution is 0.0797. The normalized spacial score (nSPS) is 16.2. The first-order valence-electron chi connectivity index (χ1n) is 7.76. The van der Waals surface area contributed by atoms with Gasteiger partial charge in [0, 0.05) is 23.3 Å². The van der Waals surface area contributed by atoms with Crippen molar-refractivity contribution < 1.29 is 13.2 Å². The minimum absolute atomic E-state index is 0.0585. The summed E-state index contributed by atoms with van der Waals surface area (Å²) in [6.07, 6.45) is 6.81. The zero-order valence-corrected chi connectivity index (χ0v) is 14.5. The maximum absolute atomic E-state index is 12.6. The molecule has 1 aliphatic carbocycles. The fraction of sp³-hybridized carbons (Fsp3) is 0.375. The maximum atomic E-state index is 12.6. The zero-order chi connectivity index (χ0) is 17.3. The molecule has 1 heterocycles. The number of benzene rings is 1. The molecule has 128 valence electrons. The molecule has 0 spiro atoms. The highest BCUT2D eigenvalue weighted by Gasteiger charge is 2.27. The number of imidazole rings is 1. The van der Waals surface area contributed by atoms with E-state index in [4.69, 9.17) is 11.6 Å². The van der Waals surface area contributed by atoms with Gasteiger partial charge in [-0.3, -0.25) is 4.79 Å². The Morgan fingerprint density at radius 2 is 1.67 bits per heavy atom. The smallest absolute Gasteiger partial charge is 0.274 e. The van der Waals surface area contributed by atoms with E-state index in [0.717, 1.165) is 42.9 Å². The second-order valence-electron chi connectivity index (χ2n) is 5.88. The Morgan fingerprint density at radius 3 is 2.29 bits per heavy atom. The van der Waals surface area contributed by atoms with Crippen molar-refractivity contribution in [3.8, 4) is 0 Å². The Hall–Kier alpha value is -1.86. The second-order valence-corrected chi connectivity index (χ2v) is 8.13. The van der Waals surface area contributed by atoms with Gasteiger partial charge < -0.3 is 0 Å². The van der Waals surface area contributed by atoms with Gasteiger partial charge in [0.1, 0.15) is 0 Å². The summed E-state index contributed by atoms with van der Waals surface area (Å²) in [7, 11) is -4.06. The Morgan fingerprint density at radius 1 is 1.04 bits per heavy atom. The molecule has 0 aliphatic heterocycles. The van der Waals surface area contributed by atoms with Crippen molar-refractivity contribution in [2.24, 2.45) is 5.92 Å². The first-order valence-corrected chi connectivity index (χ1v) is 9.58. The summed E-state index contributed by atoms with van der Waals surface area (Å²) < 4.78 is 26.6. The number of carbonyl (C=O) groups is 1. The van der Waals surface area contributed by atoms with Crippen LogP contribution in [-0.2, 0) is 10.0 Å². The molecule has 8 heteroatoms. The third kappa shape index (κ3) is 3.06. The van der Waals surface area contributed by atoms with Crippen molar-refractivity contribution >= 4 is 27.5 Å². The van der Waals surface area contributed by atoms with Crippen molar-refractivity contribution in [3.63, 3.8) is 0 Å². The van der Waals surface area contributed by atoms with Crippen LogP contribution in [0.1, 0.15) is 36.9 Å². The van der Waals surface area contributed by atoms with Crippen LogP contribution in [0.3, 0.4) is 0 Å². The molecule has 0 saturated heterocycles. The molecule has 1 fully saturated rings. The van der Waals surface area contributed by atoms with E-state index in [-0.39, 0.29) is 16.7 Å². The third-order valence-electron chi connectivity index (χ3n) is 4.31. The van der Waals surface area contributed by atoms with Gasteiger partial charge in [0.2, 0.25) is 5.91 Å². The van der Waals surface area contributed by atoms with E-state index in [1.807, 2.05) is 0 Å². The molecule has 1 aliphatic rings. The standard InChI is InChI=1S/C16H17ClN2O4S/c17-13-6-8-14(9-7-13)24(22,23)19-11-10-18(16(19)21)15(20)12-4-2-1-3-5-12/h6-12H,1-5H2. The van der Waals surface area contributed by atoms with Crippen LogP contribution in [0, 0.1) is 5.92 Å². The van der Waals surface area contributed by atoms with Crippen LogP contribution in [0.15, 0.2) is 46.3 Å². The fourth-order valence-corrected chi connectivity index (χ4v) is 4.32. The SMILES string of the molecule is O=C(C1CCCCC1)n1ccn(S(=O)(=O)c2ccc(Cl)cc2)c1=O. The summed E-state index contributed by atoms with van der Waals surface area (Å²) in [5.41, 5.74) is -0.861. The quantitative estimate of drug-likeness (QED) is 0.834. The van der Waals surface area contributed by atoms with Gasteiger partial charge in [-0.15, -0.1) is 0 Å². The summed E-state index contributed by atoms with van der Waals surface area (Å²) in [5, 5.41) is 0.395. The monoisotopic (exact) mass is 368 g/mol. The van der Waals surface area contributed by atoms with Crippen LogP contribution in [0.25, 0.3) is 0 Å². The highest BCUT2D eigenvalue weighted by atomic mass is 35.5. The summed E-state index contributed by atoms with van der Waals surface area (Å²) in [6, 6.07) is 5.52. The Bertz CT molecular complexity index is 906. The van der Waals surface area contributed by atoms with Gasteiger partial charge in [0.25, 0.3) is 10.0 Å². The highest BCUT2D eigenvalue weighted by molar-refractivity contribution is 7.90. The predicted molar refractivity (Wildman–Crippen MR) is 89.9 cm³/mol. The molecule has 0 unspecified atom stereocenters. The summed E-state index contributed by atoms with van der Waals surface area (Å²) in [4.78, 5) is 24.9. The molecule has 3 rings (SSSR count). The van der Waals surface area contributed by atoms with Crippen LogP contribution >= 0.6 is 11.6 Å². The van der Waals surface area contributed by atoms with Crippen LogP contribution in [0.4, 0.5) is 0 Å². The number of hydrogen-bond donors (Lipinski definition) is 0. The summed E-state index contributed by atoms with van der Waals surface area (Å²) >= 11 is 5.76. The zero-order valence-electron chi connectivity index (χ0n) is 12.9. The molecule has 0 bridgehead atoms. The first-order chi connectivity index (χ1) is 11.4. The average molecular weight is 369 g/mol. The molecule has 0 atom stereocenters. The van der Waals surface area contributed by atoms with Gasteiger partial charge in [-0.25, -0.2) is 17.8 Å². The van der Waals surface area contributed by atoms with Crippen molar-refractivity contribution in [2.75, 3.05) is 0 Å². The Balaban J connectivity index is 1.96. The van der Waals surface area contributed by atoms with E-state index in [9.17, 15) is 18.0 Å². The highest BCUT2D eigenvalue weighted by Crippen LogP contribution is 2.24. The van der Waals surface area contributed by atoms with E-state index in [0.29, 0.717) is 9.00 Å². The van der Waals surface area contributed by atoms with Gasteiger partial charge >= 0.3 is 5.69 Å². The third-order valence-corrected chi connectivity index (χ3v) is 6.22. The second kappa shape index (κ2) is 6.57. The van der Waals surface area contributed by atoms with E-state index < -0.39 is 15.7 Å². The molecule has 2 aromatic rings. The van der Waals surface area contributed by atoms with Crippen molar-refractivity contribution in [3.05, 3.63) is 52.2 Å². The van der Waals surface area contributed by atoms with Crippen molar-refractivity contribution in [2.45, 2.75) is 37.0 Å². The van der Waals surface area contributed by atoms with E-state index in [2.05, 4.69) is 0 Å². The van der Waals surface area contributed by atoms with Gasteiger partial charge in [-0.1, -0.05) is 30.9 Å². The number of rotatable bonds is 3. The lowest BCUT2D eigenvalue weighted by Gasteiger charge is -2.19. The van der Waals surface area contributed by atoms with E-state index >= 15 is 0 Å².